The monoisotopic (exact) mass is 268 g/mol. The fraction of sp³-hybridized carbons (Fsp3) is 0.462. The second-order valence-electron chi connectivity index (χ2n) is 4.24. The van der Waals surface area contributed by atoms with E-state index in [1.807, 2.05) is 19.1 Å². The molecule has 92 valence electrons. The van der Waals surface area contributed by atoms with E-state index in [1.54, 1.807) is 11.8 Å². The largest absolute Gasteiger partial charge is 0.334 e. The van der Waals surface area contributed by atoms with Crippen LogP contribution in [0.5, 0.6) is 0 Å². The molecule has 1 aromatic carbocycles. The van der Waals surface area contributed by atoms with Crippen molar-refractivity contribution in [2.75, 3.05) is 11.1 Å². The van der Waals surface area contributed by atoms with E-state index in [4.69, 9.17) is 11.6 Å². The van der Waals surface area contributed by atoms with Crippen molar-refractivity contribution in [1.29, 1.82) is 0 Å². The molecule has 1 atom stereocenters. The summed E-state index contributed by atoms with van der Waals surface area (Å²) in [5, 5.41) is 5.07. The van der Waals surface area contributed by atoms with Gasteiger partial charge in [0.05, 0.1) is 16.8 Å². The lowest BCUT2D eigenvalue weighted by Gasteiger charge is -2.20. The van der Waals surface area contributed by atoms with E-state index in [-0.39, 0.29) is 0 Å². The number of benzene rings is 1. The van der Waals surface area contributed by atoms with Gasteiger partial charge in [-0.1, -0.05) is 36.4 Å². The van der Waals surface area contributed by atoms with Gasteiger partial charge in [-0.15, -0.1) is 0 Å². The summed E-state index contributed by atoms with van der Waals surface area (Å²) in [7, 11) is 0. The van der Waals surface area contributed by atoms with Crippen molar-refractivity contribution < 1.29 is 0 Å². The van der Waals surface area contributed by atoms with Crippen molar-refractivity contribution in [3.05, 3.63) is 28.8 Å². The molecule has 1 N–H and O–H groups in total. The molecule has 1 heterocycles. The SMILES string of the molecule is CCC1CCSC(Nc2ccc(C)cc2Cl)=N1. The number of nitrogens with one attached hydrogen (secondary N) is 1. The van der Waals surface area contributed by atoms with Crippen molar-refractivity contribution in [2.45, 2.75) is 32.7 Å². The molecule has 0 saturated heterocycles. The number of rotatable bonds is 2. The molecule has 4 heteroatoms. The van der Waals surface area contributed by atoms with Crippen LogP contribution in [0.15, 0.2) is 23.2 Å². The number of anilines is 1. The summed E-state index contributed by atoms with van der Waals surface area (Å²) in [4.78, 5) is 4.67. The van der Waals surface area contributed by atoms with Crippen molar-refractivity contribution in [2.24, 2.45) is 4.99 Å². The van der Waals surface area contributed by atoms with E-state index >= 15 is 0 Å². The number of aryl methyl sites for hydroxylation is 1. The molecule has 17 heavy (non-hydrogen) atoms. The highest BCUT2D eigenvalue weighted by molar-refractivity contribution is 8.14. The zero-order valence-corrected chi connectivity index (χ0v) is 11.7. The molecule has 1 unspecified atom stereocenters. The number of nitrogens with zero attached hydrogens (tertiary/aromatic N) is 1. The second kappa shape index (κ2) is 5.78. The molecule has 0 amide bonds. The zero-order chi connectivity index (χ0) is 12.3. The number of halogens is 1. The summed E-state index contributed by atoms with van der Waals surface area (Å²) in [5.41, 5.74) is 2.12. The van der Waals surface area contributed by atoms with Gasteiger partial charge >= 0.3 is 0 Å². The van der Waals surface area contributed by atoms with E-state index < -0.39 is 0 Å². The lowest BCUT2D eigenvalue weighted by molar-refractivity contribution is 0.634. The first-order valence-electron chi connectivity index (χ1n) is 5.93. The highest BCUT2D eigenvalue weighted by Gasteiger charge is 2.14. The second-order valence-corrected chi connectivity index (χ2v) is 5.73. The molecular formula is C13H17ClN2S. The topological polar surface area (TPSA) is 24.4 Å². The van der Waals surface area contributed by atoms with Crippen LogP contribution in [0.1, 0.15) is 25.3 Å². The standard InChI is InChI=1S/C13H17ClN2S/c1-3-10-6-7-17-13(15-10)16-12-5-4-9(2)8-11(12)14/h4-5,8,10H,3,6-7H2,1-2H3,(H,15,16). The highest BCUT2D eigenvalue weighted by atomic mass is 35.5. The fourth-order valence-corrected chi connectivity index (χ4v) is 3.03. The van der Waals surface area contributed by atoms with Gasteiger partial charge in [0.15, 0.2) is 5.17 Å². The molecule has 0 radical (unpaired) electrons. The quantitative estimate of drug-likeness (QED) is 0.863. The van der Waals surface area contributed by atoms with Crippen molar-refractivity contribution >= 4 is 34.2 Å². The van der Waals surface area contributed by atoms with Crippen LogP contribution in [0.4, 0.5) is 5.69 Å². The fourth-order valence-electron chi connectivity index (χ4n) is 1.76. The van der Waals surface area contributed by atoms with E-state index in [0.29, 0.717) is 6.04 Å². The smallest absolute Gasteiger partial charge is 0.161 e. The molecule has 1 aliphatic heterocycles. The Balaban J connectivity index is 2.12. The summed E-state index contributed by atoms with van der Waals surface area (Å²) in [6, 6.07) is 6.49. The Morgan fingerprint density at radius 2 is 2.35 bits per heavy atom. The zero-order valence-electron chi connectivity index (χ0n) is 10.2. The third kappa shape index (κ3) is 3.39. The summed E-state index contributed by atoms with van der Waals surface area (Å²) in [5.74, 6) is 1.13. The van der Waals surface area contributed by atoms with Gasteiger partial charge < -0.3 is 5.32 Å². The number of amidine groups is 1. The minimum absolute atomic E-state index is 0.461. The predicted octanol–water partition coefficient (Wildman–Crippen LogP) is 4.33. The lowest BCUT2D eigenvalue weighted by Crippen LogP contribution is -2.19. The molecular weight excluding hydrogens is 252 g/mol. The predicted molar refractivity (Wildman–Crippen MR) is 78.4 cm³/mol. The maximum atomic E-state index is 6.19. The van der Waals surface area contributed by atoms with Gasteiger partial charge in [0.25, 0.3) is 0 Å². The van der Waals surface area contributed by atoms with E-state index in [0.717, 1.165) is 28.1 Å². The Hall–Kier alpha value is -0.670. The minimum Gasteiger partial charge on any atom is -0.334 e. The Bertz CT molecular complexity index is 431. The molecule has 0 aliphatic carbocycles. The third-order valence-corrected chi connectivity index (χ3v) is 4.06. The Morgan fingerprint density at radius 3 is 3.06 bits per heavy atom. The van der Waals surface area contributed by atoms with Crippen molar-refractivity contribution in [3.63, 3.8) is 0 Å². The molecule has 2 rings (SSSR count). The summed E-state index contributed by atoms with van der Waals surface area (Å²) < 4.78 is 0. The number of hydrogen-bond acceptors (Lipinski definition) is 3. The molecule has 1 aromatic rings. The third-order valence-electron chi connectivity index (χ3n) is 2.83. The normalized spacial score (nSPS) is 19.9. The van der Waals surface area contributed by atoms with Crippen LogP contribution in [0, 0.1) is 6.92 Å². The molecule has 0 aromatic heterocycles. The maximum Gasteiger partial charge on any atom is 0.161 e. The van der Waals surface area contributed by atoms with Crippen LogP contribution in [0.2, 0.25) is 5.02 Å². The summed E-state index contributed by atoms with van der Waals surface area (Å²) in [6.45, 7) is 4.22. The molecule has 0 bridgehead atoms. The molecule has 0 fully saturated rings. The number of thioether (sulfide) groups is 1. The first-order chi connectivity index (χ1) is 8.19. The van der Waals surface area contributed by atoms with Gasteiger partial charge in [0, 0.05) is 5.75 Å². The van der Waals surface area contributed by atoms with Gasteiger partial charge in [0.1, 0.15) is 0 Å². The summed E-state index contributed by atoms with van der Waals surface area (Å²) >= 11 is 7.96. The van der Waals surface area contributed by atoms with Crippen LogP contribution in [0.25, 0.3) is 0 Å². The van der Waals surface area contributed by atoms with Crippen LogP contribution < -0.4 is 5.32 Å². The van der Waals surface area contributed by atoms with E-state index in [9.17, 15) is 0 Å². The van der Waals surface area contributed by atoms with Crippen LogP contribution in [-0.4, -0.2) is 17.0 Å². The maximum absolute atomic E-state index is 6.19. The highest BCUT2D eigenvalue weighted by Crippen LogP contribution is 2.26. The number of hydrogen-bond donors (Lipinski definition) is 1. The van der Waals surface area contributed by atoms with Gasteiger partial charge in [-0.2, -0.15) is 0 Å². The molecule has 1 aliphatic rings. The van der Waals surface area contributed by atoms with Crippen molar-refractivity contribution in [3.8, 4) is 0 Å². The lowest BCUT2D eigenvalue weighted by atomic mass is 10.2. The Labute approximate surface area is 112 Å². The van der Waals surface area contributed by atoms with Crippen LogP contribution in [0.3, 0.4) is 0 Å². The van der Waals surface area contributed by atoms with Gasteiger partial charge in [-0.05, 0) is 37.5 Å². The number of aliphatic imine (C=N–C) groups is 1. The van der Waals surface area contributed by atoms with Crippen LogP contribution >= 0.6 is 23.4 Å². The average molecular weight is 269 g/mol. The Morgan fingerprint density at radius 1 is 1.53 bits per heavy atom. The minimum atomic E-state index is 0.461. The molecule has 0 spiro atoms. The first kappa shape index (κ1) is 12.8. The van der Waals surface area contributed by atoms with E-state index in [2.05, 4.69) is 23.3 Å². The Kier molecular flexibility index (Phi) is 4.35. The van der Waals surface area contributed by atoms with E-state index in [1.165, 1.54) is 12.0 Å². The van der Waals surface area contributed by atoms with Crippen LogP contribution in [-0.2, 0) is 0 Å². The van der Waals surface area contributed by atoms with Crippen molar-refractivity contribution in [1.82, 2.24) is 0 Å². The summed E-state index contributed by atoms with van der Waals surface area (Å²) in [6.07, 6.45) is 2.28. The molecule has 0 saturated carbocycles. The van der Waals surface area contributed by atoms with Gasteiger partial charge in [0.2, 0.25) is 0 Å². The molecule has 2 nitrogen and oxygen atoms in total. The van der Waals surface area contributed by atoms with Gasteiger partial charge in [-0.3, -0.25) is 4.99 Å². The average Bonchev–Trinajstić information content (AvgIpc) is 2.33. The first-order valence-corrected chi connectivity index (χ1v) is 7.29. The van der Waals surface area contributed by atoms with Gasteiger partial charge in [-0.25, -0.2) is 0 Å².